The molecule has 0 aliphatic carbocycles. The zero-order valence-corrected chi connectivity index (χ0v) is 11.2. The molecule has 94 valence electrons. The van der Waals surface area contributed by atoms with Gasteiger partial charge in [-0.3, -0.25) is 4.79 Å². The smallest absolute Gasteiger partial charge is 0.305 e. The lowest BCUT2D eigenvalue weighted by atomic mass is 10.5. The predicted octanol–water partition coefficient (Wildman–Crippen LogP) is 0.669. The number of aromatic nitrogens is 1. The number of nitrogens with zero attached hydrogens (tertiary/aromatic N) is 2. The highest BCUT2D eigenvalue weighted by molar-refractivity contribution is 7.91. The highest BCUT2D eigenvalue weighted by atomic mass is 32.2. The highest BCUT2D eigenvalue weighted by Gasteiger charge is 2.27. The fourth-order valence-electron chi connectivity index (χ4n) is 1.38. The number of thiazole rings is 1. The molecule has 17 heavy (non-hydrogen) atoms. The number of H-pyrrole nitrogens is 1. The second-order valence-electron chi connectivity index (χ2n) is 3.33. The molecule has 1 aromatic rings. The molecule has 0 spiro atoms. The number of sulfonamides is 1. The van der Waals surface area contributed by atoms with Gasteiger partial charge >= 0.3 is 4.87 Å². The van der Waals surface area contributed by atoms with Crippen molar-refractivity contribution in [2.75, 3.05) is 13.1 Å². The van der Waals surface area contributed by atoms with E-state index in [1.807, 2.05) is 6.07 Å². The fraction of sp³-hybridized carbons (Fsp3) is 0.556. The standard InChI is InChI=1S/C9H13N3O3S2/c1-3-12(6-4-5-10)17(14,15)8-7(2)11-9(13)16-8/h3-4,6H2,1-2H3,(H,11,13). The van der Waals surface area contributed by atoms with E-state index in [9.17, 15) is 13.2 Å². The van der Waals surface area contributed by atoms with Gasteiger partial charge in [0, 0.05) is 25.2 Å². The molecule has 0 aliphatic heterocycles. The minimum atomic E-state index is -3.66. The minimum absolute atomic E-state index is 0.0299. The van der Waals surface area contributed by atoms with Crippen molar-refractivity contribution in [1.29, 1.82) is 5.26 Å². The summed E-state index contributed by atoms with van der Waals surface area (Å²) in [4.78, 5) is 13.2. The Balaban J connectivity index is 3.13. The van der Waals surface area contributed by atoms with Crippen LogP contribution in [0.2, 0.25) is 0 Å². The molecule has 0 amide bonds. The van der Waals surface area contributed by atoms with Gasteiger partial charge in [0.15, 0.2) is 4.21 Å². The Labute approximate surface area is 104 Å². The first-order valence-electron chi connectivity index (χ1n) is 5.00. The van der Waals surface area contributed by atoms with Crippen molar-refractivity contribution in [2.45, 2.75) is 24.5 Å². The monoisotopic (exact) mass is 275 g/mol. The number of hydrogen-bond donors (Lipinski definition) is 1. The van der Waals surface area contributed by atoms with E-state index in [1.54, 1.807) is 13.8 Å². The van der Waals surface area contributed by atoms with Crippen LogP contribution in [0.25, 0.3) is 0 Å². The summed E-state index contributed by atoms with van der Waals surface area (Å²) < 4.78 is 25.6. The molecule has 1 heterocycles. The van der Waals surface area contributed by atoms with Crippen LogP contribution in [0, 0.1) is 18.3 Å². The Bertz CT molecular complexity index is 579. The van der Waals surface area contributed by atoms with Gasteiger partial charge in [-0.1, -0.05) is 18.3 Å². The molecule has 1 rings (SSSR count). The Morgan fingerprint density at radius 3 is 2.59 bits per heavy atom. The summed E-state index contributed by atoms with van der Waals surface area (Å²) in [5.41, 5.74) is 0.343. The summed E-state index contributed by atoms with van der Waals surface area (Å²) in [6.45, 7) is 3.65. The first-order valence-corrected chi connectivity index (χ1v) is 7.26. The maximum atomic E-state index is 12.2. The first kappa shape index (κ1) is 13.9. The number of rotatable bonds is 5. The van der Waals surface area contributed by atoms with Gasteiger partial charge in [-0.05, 0) is 6.92 Å². The van der Waals surface area contributed by atoms with Crippen LogP contribution in [-0.4, -0.2) is 30.8 Å². The van der Waals surface area contributed by atoms with E-state index in [1.165, 1.54) is 4.31 Å². The molecule has 6 nitrogen and oxygen atoms in total. The summed E-state index contributed by atoms with van der Waals surface area (Å²) in [6, 6.07) is 1.90. The van der Waals surface area contributed by atoms with Crippen LogP contribution in [0.5, 0.6) is 0 Å². The summed E-state index contributed by atoms with van der Waals surface area (Å²) in [7, 11) is -3.66. The molecular formula is C9H13N3O3S2. The topological polar surface area (TPSA) is 94.0 Å². The quantitative estimate of drug-likeness (QED) is 0.854. The maximum absolute atomic E-state index is 12.2. The highest BCUT2D eigenvalue weighted by Crippen LogP contribution is 2.20. The van der Waals surface area contributed by atoms with Gasteiger partial charge in [-0.15, -0.1) is 0 Å². The van der Waals surface area contributed by atoms with E-state index >= 15 is 0 Å². The molecule has 0 fully saturated rings. The van der Waals surface area contributed by atoms with Crippen LogP contribution < -0.4 is 4.87 Å². The van der Waals surface area contributed by atoms with Gasteiger partial charge in [-0.25, -0.2) is 8.42 Å². The lowest BCUT2D eigenvalue weighted by Crippen LogP contribution is -2.31. The van der Waals surface area contributed by atoms with Crippen molar-refractivity contribution in [2.24, 2.45) is 0 Å². The van der Waals surface area contributed by atoms with E-state index in [4.69, 9.17) is 5.26 Å². The van der Waals surface area contributed by atoms with Crippen LogP contribution >= 0.6 is 11.3 Å². The zero-order chi connectivity index (χ0) is 13.1. The van der Waals surface area contributed by atoms with Crippen LogP contribution in [0.15, 0.2) is 9.00 Å². The van der Waals surface area contributed by atoms with Crippen LogP contribution in [-0.2, 0) is 10.0 Å². The van der Waals surface area contributed by atoms with E-state index < -0.39 is 14.9 Å². The van der Waals surface area contributed by atoms with Crippen molar-refractivity contribution >= 4 is 21.4 Å². The summed E-state index contributed by atoms with van der Waals surface area (Å²) in [5.74, 6) is 0. The Morgan fingerprint density at radius 2 is 2.18 bits per heavy atom. The van der Waals surface area contributed by atoms with Crippen molar-refractivity contribution in [3.63, 3.8) is 0 Å². The minimum Gasteiger partial charge on any atom is -0.315 e. The first-order chi connectivity index (χ1) is 7.93. The van der Waals surface area contributed by atoms with Crippen LogP contribution in [0.4, 0.5) is 0 Å². The van der Waals surface area contributed by atoms with Gasteiger partial charge < -0.3 is 4.98 Å². The molecule has 0 saturated heterocycles. The fourth-order valence-corrected chi connectivity index (χ4v) is 4.26. The molecule has 1 N–H and O–H groups in total. The molecule has 0 unspecified atom stereocenters. The average molecular weight is 275 g/mol. The van der Waals surface area contributed by atoms with Gasteiger partial charge in [0.25, 0.3) is 10.0 Å². The number of aryl methyl sites for hydroxylation is 1. The molecule has 0 bridgehead atoms. The third kappa shape index (κ3) is 2.94. The lowest BCUT2D eigenvalue weighted by molar-refractivity contribution is 0.436. The Morgan fingerprint density at radius 1 is 1.53 bits per heavy atom. The predicted molar refractivity (Wildman–Crippen MR) is 64.3 cm³/mol. The maximum Gasteiger partial charge on any atom is 0.305 e. The van der Waals surface area contributed by atoms with Crippen molar-refractivity contribution in [3.8, 4) is 6.07 Å². The van der Waals surface area contributed by atoms with Crippen molar-refractivity contribution in [3.05, 3.63) is 15.4 Å². The van der Waals surface area contributed by atoms with Gasteiger partial charge in [0.1, 0.15) is 0 Å². The number of nitriles is 1. The Hall–Kier alpha value is -1.17. The van der Waals surface area contributed by atoms with E-state index in [2.05, 4.69) is 4.98 Å². The third-order valence-electron chi connectivity index (χ3n) is 2.18. The molecule has 0 saturated carbocycles. The summed E-state index contributed by atoms with van der Waals surface area (Å²) in [5, 5.41) is 8.48. The molecule has 0 aliphatic rings. The average Bonchev–Trinajstić information content (AvgIpc) is 2.59. The third-order valence-corrected chi connectivity index (χ3v) is 5.74. The van der Waals surface area contributed by atoms with Crippen LogP contribution in [0.1, 0.15) is 19.0 Å². The van der Waals surface area contributed by atoms with Gasteiger partial charge in [0.2, 0.25) is 0 Å². The van der Waals surface area contributed by atoms with E-state index in [-0.39, 0.29) is 23.7 Å². The molecule has 1 aromatic heterocycles. The molecular weight excluding hydrogens is 262 g/mol. The van der Waals surface area contributed by atoms with Gasteiger partial charge in [-0.2, -0.15) is 9.57 Å². The van der Waals surface area contributed by atoms with Crippen molar-refractivity contribution in [1.82, 2.24) is 9.29 Å². The number of hydrogen-bond acceptors (Lipinski definition) is 5. The van der Waals surface area contributed by atoms with Gasteiger partial charge in [0.05, 0.1) is 6.07 Å². The normalized spacial score (nSPS) is 11.6. The number of nitrogens with one attached hydrogen (secondary N) is 1. The molecule has 0 radical (unpaired) electrons. The SMILES string of the molecule is CCN(CCC#N)S(=O)(=O)c1sc(=O)[nH]c1C. The second-order valence-corrected chi connectivity index (χ2v) is 6.45. The zero-order valence-electron chi connectivity index (χ0n) is 9.56. The second kappa shape index (κ2) is 5.44. The largest absolute Gasteiger partial charge is 0.315 e. The van der Waals surface area contributed by atoms with Crippen molar-refractivity contribution < 1.29 is 8.42 Å². The van der Waals surface area contributed by atoms with Crippen LogP contribution in [0.3, 0.4) is 0 Å². The lowest BCUT2D eigenvalue weighted by Gasteiger charge is -2.18. The molecule has 8 heteroatoms. The molecule has 0 atom stereocenters. The number of aromatic amines is 1. The van der Waals surface area contributed by atoms with E-state index in [0.717, 1.165) is 0 Å². The Kier molecular flexibility index (Phi) is 4.45. The molecule has 0 aromatic carbocycles. The van der Waals surface area contributed by atoms with E-state index in [0.29, 0.717) is 17.0 Å². The summed E-state index contributed by atoms with van der Waals surface area (Å²) >= 11 is 0.675. The summed E-state index contributed by atoms with van der Waals surface area (Å²) in [6.07, 6.45) is 0.130.